The predicted molar refractivity (Wildman–Crippen MR) is 72.9 cm³/mol. The van der Waals surface area contributed by atoms with Crippen LogP contribution in [0.2, 0.25) is 0 Å². The second-order valence-electron chi connectivity index (χ2n) is 3.82. The third kappa shape index (κ3) is 4.49. The first-order valence-corrected chi connectivity index (χ1v) is 6.47. The fraction of sp³-hybridized carbons (Fsp3) is 0.385. The molecule has 1 rings (SSSR count). The van der Waals surface area contributed by atoms with Gasteiger partial charge in [-0.05, 0) is 31.5 Å². The minimum absolute atomic E-state index is 0.0142. The summed E-state index contributed by atoms with van der Waals surface area (Å²) in [6.07, 6.45) is 1.03. The zero-order valence-corrected chi connectivity index (χ0v) is 12.0. The smallest absolute Gasteiger partial charge is 0.219 e. The van der Waals surface area contributed by atoms with Crippen molar-refractivity contribution in [2.75, 3.05) is 13.7 Å². The molecule has 0 saturated heterocycles. The van der Waals surface area contributed by atoms with Gasteiger partial charge in [-0.3, -0.25) is 9.59 Å². The summed E-state index contributed by atoms with van der Waals surface area (Å²) in [6, 6.07) is 5.28. The molecule has 0 heterocycles. The van der Waals surface area contributed by atoms with Crippen LogP contribution in [-0.4, -0.2) is 25.3 Å². The van der Waals surface area contributed by atoms with Crippen molar-refractivity contribution in [3.8, 4) is 5.75 Å². The first-order chi connectivity index (χ1) is 8.54. The first kappa shape index (κ1) is 14.7. The number of ketones is 1. The third-order valence-electron chi connectivity index (χ3n) is 2.41. The van der Waals surface area contributed by atoms with Crippen LogP contribution in [0.15, 0.2) is 22.7 Å². The number of hydrogen-bond acceptors (Lipinski definition) is 3. The number of amides is 1. The number of ether oxygens (including phenoxy) is 1. The second kappa shape index (κ2) is 7.16. The summed E-state index contributed by atoms with van der Waals surface area (Å²) in [5.74, 6) is 0.497. The van der Waals surface area contributed by atoms with Crippen molar-refractivity contribution < 1.29 is 14.3 Å². The maximum atomic E-state index is 11.4. The number of rotatable bonds is 6. The summed E-state index contributed by atoms with van der Waals surface area (Å²) >= 11 is 3.33. The van der Waals surface area contributed by atoms with E-state index in [1.807, 2.05) is 0 Å². The zero-order valence-electron chi connectivity index (χ0n) is 10.5. The highest BCUT2D eigenvalue weighted by Crippen LogP contribution is 2.24. The van der Waals surface area contributed by atoms with E-state index in [0.29, 0.717) is 30.8 Å². The molecule has 0 aliphatic carbocycles. The summed E-state index contributed by atoms with van der Waals surface area (Å²) in [5, 5.41) is 2.55. The summed E-state index contributed by atoms with van der Waals surface area (Å²) in [7, 11) is 1.60. The van der Waals surface area contributed by atoms with Gasteiger partial charge >= 0.3 is 0 Å². The van der Waals surface area contributed by atoms with Crippen LogP contribution in [0.3, 0.4) is 0 Å². The van der Waals surface area contributed by atoms with Crippen LogP contribution in [0.25, 0.3) is 0 Å². The van der Waals surface area contributed by atoms with Gasteiger partial charge in [0.05, 0.1) is 12.2 Å². The number of carbonyl (C=O) groups is 2. The molecule has 0 aliphatic rings. The Balaban J connectivity index is 2.58. The van der Waals surface area contributed by atoms with Gasteiger partial charge in [0.1, 0.15) is 5.75 Å². The Morgan fingerprint density at radius 2 is 2.11 bits per heavy atom. The van der Waals surface area contributed by atoms with E-state index in [0.717, 1.165) is 4.47 Å². The van der Waals surface area contributed by atoms with Gasteiger partial charge in [-0.1, -0.05) is 15.9 Å². The van der Waals surface area contributed by atoms with E-state index < -0.39 is 0 Å². The van der Waals surface area contributed by atoms with Crippen molar-refractivity contribution >= 4 is 27.6 Å². The first-order valence-electron chi connectivity index (χ1n) is 5.68. The Morgan fingerprint density at radius 1 is 1.39 bits per heavy atom. The van der Waals surface area contributed by atoms with E-state index in [2.05, 4.69) is 21.2 Å². The number of carbonyl (C=O) groups excluding carboxylic acids is 2. The molecule has 0 aromatic heterocycles. The van der Waals surface area contributed by atoms with Crippen LogP contribution in [0, 0.1) is 0 Å². The Hall–Kier alpha value is -1.36. The van der Waals surface area contributed by atoms with Gasteiger partial charge < -0.3 is 10.1 Å². The van der Waals surface area contributed by atoms with E-state index in [1.54, 1.807) is 25.2 Å². The van der Waals surface area contributed by atoms with E-state index in [-0.39, 0.29) is 11.7 Å². The molecule has 1 amide bonds. The van der Waals surface area contributed by atoms with Gasteiger partial charge in [0, 0.05) is 17.9 Å². The molecule has 18 heavy (non-hydrogen) atoms. The minimum Gasteiger partial charge on any atom is -0.493 e. The van der Waals surface area contributed by atoms with Gasteiger partial charge in [0.2, 0.25) is 5.91 Å². The van der Waals surface area contributed by atoms with Gasteiger partial charge in [0.15, 0.2) is 5.78 Å². The fourth-order valence-electron chi connectivity index (χ4n) is 1.45. The molecule has 1 N–H and O–H groups in total. The van der Waals surface area contributed by atoms with E-state index in [4.69, 9.17) is 4.74 Å². The SMILES string of the molecule is CNC(=O)CCCOc1cc(Br)ccc1C(C)=O. The Kier molecular flexibility index (Phi) is 5.85. The van der Waals surface area contributed by atoms with Crippen molar-refractivity contribution in [3.05, 3.63) is 28.2 Å². The lowest BCUT2D eigenvalue weighted by atomic mass is 10.1. The molecule has 0 bridgehead atoms. The highest BCUT2D eigenvalue weighted by Gasteiger charge is 2.09. The minimum atomic E-state index is -0.0381. The molecular weight excluding hydrogens is 298 g/mol. The summed E-state index contributed by atoms with van der Waals surface area (Å²) < 4.78 is 6.40. The number of nitrogens with one attached hydrogen (secondary N) is 1. The molecule has 0 radical (unpaired) electrons. The maximum absolute atomic E-state index is 11.4. The van der Waals surface area contributed by atoms with Crippen LogP contribution in [-0.2, 0) is 4.79 Å². The Labute approximate surface area is 115 Å². The van der Waals surface area contributed by atoms with Crippen molar-refractivity contribution in [1.82, 2.24) is 5.32 Å². The average Bonchev–Trinajstić information content (AvgIpc) is 2.34. The number of hydrogen-bond donors (Lipinski definition) is 1. The number of benzene rings is 1. The number of Topliss-reactive ketones (excluding diaryl/α,β-unsaturated/α-hetero) is 1. The van der Waals surface area contributed by atoms with Crippen LogP contribution in [0.1, 0.15) is 30.1 Å². The van der Waals surface area contributed by atoms with Crippen molar-refractivity contribution in [2.45, 2.75) is 19.8 Å². The third-order valence-corrected chi connectivity index (χ3v) is 2.90. The van der Waals surface area contributed by atoms with Gasteiger partial charge in [0.25, 0.3) is 0 Å². The quantitative estimate of drug-likeness (QED) is 0.648. The summed E-state index contributed by atoms with van der Waals surface area (Å²) in [4.78, 5) is 22.4. The molecule has 1 aromatic carbocycles. The van der Waals surface area contributed by atoms with Crippen LogP contribution >= 0.6 is 15.9 Å². The normalized spacial score (nSPS) is 9.94. The van der Waals surface area contributed by atoms with Crippen LogP contribution in [0.5, 0.6) is 5.75 Å². The molecule has 0 fully saturated rings. The summed E-state index contributed by atoms with van der Waals surface area (Å²) in [6.45, 7) is 1.91. The molecule has 98 valence electrons. The van der Waals surface area contributed by atoms with E-state index in [1.165, 1.54) is 6.92 Å². The van der Waals surface area contributed by atoms with E-state index in [9.17, 15) is 9.59 Å². The Bertz CT molecular complexity index is 446. The second-order valence-corrected chi connectivity index (χ2v) is 4.74. The lowest BCUT2D eigenvalue weighted by Gasteiger charge is -2.10. The van der Waals surface area contributed by atoms with Crippen molar-refractivity contribution in [3.63, 3.8) is 0 Å². The fourth-order valence-corrected chi connectivity index (χ4v) is 1.79. The molecule has 0 aliphatic heterocycles. The van der Waals surface area contributed by atoms with Crippen LogP contribution < -0.4 is 10.1 Å². The molecule has 0 spiro atoms. The molecule has 0 saturated carbocycles. The van der Waals surface area contributed by atoms with Crippen molar-refractivity contribution in [2.24, 2.45) is 0 Å². The molecule has 0 atom stereocenters. The van der Waals surface area contributed by atoms with Gasteiger partial charge in [-0.15, -0.1) is 0 Å². The molecular formula is C13H16BrNO3. The molecule has 0 unspecified atom stereocenters. The highest BCUT2D eigenvalue weighted by atomic mass is 79.9. The average molecular weight is 314 g/mol. The van der Waals surface area contributed by atoms with Crippen LogP contribution in [0.4, 0.5) is 0 Å². The standard InChI is InChI=1S/C13H16BrNO3/c1-9(16)11-6-5-10(14)8-12(11)18-7-3-4-13(17)15-2/h5-6,8H,3-4,7H2,1-2H3,(H,15,17). The van der Waals surface area contributed by atoms with Crippen molar-refractivity contribution in [1.29, 1.82) is 0 Å². The topological polar surface area (TPSA) is 55.4 Å². The summed E-state index contributed by atoms with van der Waals surface area (Å²) in [5.41, 5.74) is 0.554. The molecule has 1 aromatic rings. The Morgan fingerprint density at radius 3 is 2.72 bits per heavy atom. The predicted octanol–water partition coefficient (Wildman–Crippen LogP) is 2.56. The zero-order chi connectivity index (χ0) is 13.5. The van der Waals surface area contributed by atoms with Gasteiger partial charge in [-0.2, -0.15) is 0 Å². The number of halogens is 1. The monoisotopic (exact) mass is 313 g/mol. The maximum Gasteiger partial charge on any atom is 0.219 e. The lowest BCUT2D eigenvalue weighted by Crippen LogP contribution is -2.18. The van der Waals surface area contributed by atoms with Gasteiger partial charge in [-0.25, -0.2) is 0 Å². The molecule has 4 nitrogen and oxygen atoms in total. The lowest BCUT2D eigenvalue weighted by molar-refractivity contribution is -0.120. The highest BCUT2D eigenvalue weighted by molar-refractivity contribution is 9.10. The van der Waals surface area contributed by atoms with E-state index >= 15 is 0 Å². The largest absolute Gasteiger partial charge is 0.493 e. The molecule has 5 heteroatoms.